The zero-order chi connectivity index (χ0) is 17.8. The molecule has 25 heavy (non-hydrogen) atoms. The minimum Gasteiger partial charge on any atom is -0.497 e. The zero-order valence-corrected chi connectivity index (χ0v) is 14.1. The number of anilines is 2. The highest BCUT2D eigenvalue weighted by molar-refractivity contribution is 6.04. The fourth-order valence-electron chi connectivity index (χ4n) is 2.79. The summed E-state index contributed by atoms with van der Waals surface area (Å²) in [4.78, 5) is 30.5. The quantitative estimate of drug-likeness (QED) is 0.901. The third kappa shape index (κ3) is 3.55. The van der Waals surface area contributed by atoms with Gasteiger partial charge in [-0.05, 0) is 24.3 Å². The number of rotatable bonds is 5. The molecule has 1 atom stereocenters. The average molecular weight is 341 g/mol. The number of pyridine rings is 1. The van der Waals surface area contributed by atoms with Crippen LogP contribution in [0.5, 0.6) is 11.5 Å². The molecule has 0 spiro atoms. The number of hydrogen-bond donors (Lipinski definition) is 1. The molecule has 2 aromatic rings. The van der Waals surface area contributed by atoms with E-state index >= 15 is 0 Å². The van der Waals surface area contributed by atoms with E-state index < -0.39 is 5.92 Å². The predicted octanol–water partition coefficient (Wildman–Crippen LogP) is 2.09. The Labute approximate surface area is 145 Å². The topological polar surface area (TPSA) is 80.8 Å². The second-order valence-electron chi connectivity index (χ2n) is 5.65. The van der Waals surface area contributed by atoms with Crippen LogP contribution >= 0.6 is 0 Å². The molecule has 3 rings (SSSR count). The largest absolute Gasteiger partial charge is 0.497 e. The first-order valence-electron chi connectivity index (χ1n) is 7.86. The summed E-state index contributed by atoms with van der Waals surface area (Å²) in [6.45, 7) is 0.279. The normalized spacial score (nSPS) is 16.6. The van der Waals surface area contributed by atoms with Crippen LogP contribution in [0.3, 0.4) is 0 Å². The number of methoxy groups -OCH3 is 2. The zero-order valence-electron chi connectivity index (χ0n) is 14.1. The van der Waals surface area contributed by atoms with E-state index in [2.05, 4.69) is 10.3 Å². The Hall–Kier alpha value is -3.09. The van der Waals surface area contributed by atoms with Gasteiger partial charge in [-0.25, -0.2) is 4.98 Å². The van der Waals surface area contributed by atoms with Crippen LogP contribution in [0.1, 0.15) is 6.42 Å². The first-order valence-corrected chi connectivity index (χ1v) is 7.86. The molecule has 1 aromatic heterocycles. The summed E-state index contributed by atoms with van der Waals surface area (Å²) in [7, 11) is 3.09. The molecule has 0 bridgehead atoms. The highest BCUT2D eigenvalue weighted by Crippen LogP contribution is 2.36. The van der Waals surface area contributed by atoms with Crippen LogP contribution in [0.25, 0.3) is 0 Å². The average Bonchev–Trinajstić information content (AvgIpc) is 3.03. The first kappa shape index (κ1) is 16.8. The van der Waals surface area contributed by atoms with Crippen molar-refractivity contribution < 1.29 is 19.1 Å². The molecule has 0 radical (unpaired) electrons. The summed E-state index contributed by atoms with van der Waals surface area (Å²) in [6.07, 6.45) is 1.74. The van der Waals surface area contributed by atoms with Crippen molar-refractivity contribution in [2.24, 2.45) is 5.92 Å². The molecular formula is C18H19N3O4. The van der Waals surface area contributed by atoms with E-state index in [0.29, 0.717) is 23.0 Å². The van der Waals surface area contributed by atoms with E-state index in [-0.39, 0.29) is 24.8 Å². The molecule has 1 aromatic carbocycles. The van der Waals surface area contributed by atoms with Crippen LogP contribution in [0.15, 0.2) is 42.6 Å². The lowest BCUT2D eigenvalue weighted by atomic mass is 10.1. The molecule has 1 fully saturated rings. The Morgan fingerprint density at radius 1 is 1.24 bits per heavy atom. The van der Waals surface area contributed by atoms with Crippen molar-refractivity contribution in [2.45, 2.75) is 6.42 Å². The predicted molar refractivity (Wildman–Crippen MR) is 92.9 cm³/mol. The molecule has 0 aliphatic carbocycles. The summed E-state index contributed by atoms with van der Waals surface area (Å²) < 4.78 is 10.6. The van der Waals surface area contributed by atoms with E-state index in [9.17, 15) is 9.59 Å². The molecule has 130 valence electrons. The summed E-state index contributed by atoms with van der Waals surface area (Å²) in [5.41, 5.74) is 0.597. The van der Waals surface area contributed by atoms with Crippen LogP contribution in [0, 0.1) is 5.92 Å². The van der Waals surface area contributed by atoms with Crippen LogP contribution in [-0.4, -0.2) is 37.6 Å². The number of ether oxygens (including phenoxy) is 2. The summed E-state index contributed by atoms with van der Waals surface area (Å²) in [5, 5.41) is 2.74. The molecule has 1 aliphatic heterocycles. The third-order valence-corrected chi connectivity index (χ3v) is 4.09. The summed E-state index contributed by atoms with van der Waals surface area (Å²) >= 11 is 0. The molecular weight excluding hydrogens is 322 g/mol. The summed E-state index contributed by atoms with van der Waals surface area (Å²) in [6, 6.07) is 10.5. The van der Waals surface area contributed by atoms with Gasteiger partial charge in [0.05, 0.1) is 25.8 Å². The van der Waals surface area contributed by atoms with Crippen LogP contribution < -0.4 is 19.7 Å². The smallest absolute Gasteiger partial charge is 0.230 e. The number of benzene rings is 1. The number of nitrogens with one attached hydrogen (secondary N) is 1. The minimum absolute atomic E-state index is 0.132. The van der Waals surface area contributed by atoms with Gasteiger partial charge >= 0.3 is 0 Å². The van der Waals surface area contributed by atoms with Gasteiger partial charge < -0.3 is 19.7 Å². The minimum atomic E-state index is -0.453. The molecule has 1 aliphatic rings. The monoisotopic (exact) mass is 341 g/mol. The highest BCUT2D eigenvalue weighted by Gasteiger charge is 2.36. The van der Waals surface area contributed by atoms with Gasteiger partial charge in [-0.2, -0.15) is 0 Å². The molecule has 0 unspecified atom stereocenters. The van der Waals surface area contributed by atoms with Crippen molar-refractivity contribution in [2.75, 3.05) is 31.0 Å². The molecule has 0 saturated carbocycles. The maximum Gasteiger partial charge on any atom is 0.230 e. The fraction of sp³-hybridized carbons (Fsp3) is 0.278. The van der Waals surface area contributed by atoms with Gasteiger partial charge in [0, 0.05) is 25.2 Å². The number of carbonyl (C=O) groups is 2. The van der Waals surface area contributed by atoms with Gasteiger partial charge in [0.15, 0.2) is 0 Å². The molecule has 2 amide bonds. The Kier molecular flexibility index (Phi) is 4.83. The summed E-state index contributed by atoms with van der Waals surface area (Å²) in [5.74, 6) is 0.830. The third-order valence-electron chi connectivity index (χ3n) is 4.09. The maximum atomic E-state index is 12.4. The lowest BCUT2D eigenvalue weighted by Gasteiger charge is -2.20. The van der Waals surface area contributed by atoms with Crippen molar-refractivity contribution in [3.63, 3.8) is 0 Å². The van der Waals surface area contributed by atoms with Crippen molar-refractivity contribution in [3.8, 4) is 11.5 Å². The molecule has 7 heteroatoms. The molecule has 2 heterocycles. The van der Waals surface area contributed by atoms with Gasteiger partial charge in [-0.15, -0.1) is 0 Å². The Morgan fingerprint density at radius 2 is 2.08 bits per heavy atom. The van der Waals surface area contributed by atoms with Crippen LogP contribution in [0.2, 0.25) is 0 Å². The SMILES string of the molecule is COc1ccc(OC)c(N2C[C@H](C(=O)Nc3ccccn3)CC2=O)c1. The van der Waals surface area contributed by atoms with Gasteiger partial charge in [0.1, 0.15) is 17.3 Å². The van der Waals surface area contributed by atoms with Crippen molar-refractivity contribution >= 4 is 23.3 Å². The van der Waals surface area contributed by atoms with Gasteiger partial charge in [-0.3, -0.25) is 9.59 Å². The maximum absolute atomic E-state index is 12.4. The number of hydrogen-bond acceptors (Lipinski definition) is 5. The fourth-order valence-corrected chi connectivity index (χ4v) is 2.79. The van der Waals surface area contributed by atoms with Crippen molar-refractivity contribution in [3.05, 3.63) is 42.6 Å². The van der Waals surface area contributed by atoms with Crippen molar-refractivity contribution in [1.29, 1.82) is 0 Å². The molecule has 1 saturated heterocycles. The lowest BCUT2D eigenvalue weighted by molar-refractivity contribution is -0.122. The first-order chi connectivity index (χ1) is 12.1. The van der Waals surface area contributed by atoms with E-state index in [1.807, 2.05) is 0 Å². The Morgan fingerprint density at radius 3 is 2.76 bits per heavy atom. The van der Waals surface area contributed by atoms with Crippen molar-refractivity contribution in [1.82, 2.24) is 4.98 Å². The standard InChI is InChI=1S/C18H19N3O4/c1-24-13-6-7-15(25-2)14(10-13)21-11-12(9-17(21)22)18(23)20-16-5-3-4-8-19-16/h3-8,10,12H,9,11H2,1-2H3,(H,19,20,23)/t12-/m1/s1. The Bertz CT molecular complexity index is 779. The van der Waals surface area contributed by atoms with Gasteiger partial charge in [0.25, 0.3) is 0 Å². The molecule has 7 nitrogen and oxygen atoms in total. The van der Waals surface area contributed by atoms with Gasteiger partial charge in [0.2, 0.25) is 11.8 Å². The lowest BCUT2D eigenvalue weighted by Crippen LogP contribution is -2.28. The van der Waals surface area contributed by atoms with Crippen LogP contribution in [0.4, 0.5) is 11.5 Å². The number of aromatic nitrogens is 1. The van der Waals surface area contributed by atoms with E-state index in [1.54, 1.807) is 54.6 Å². The van der Waals surface area contributed by atoms with E-state index in [1.165, 1.54) is 7.11 Å². The van der Waals surface area contributed by atoms with Crippen LogP contribution in [-0.2, 0) is 9.59 Å². The number of nitrogens with zero attached hydrogens (tertiary/aromatic N) is 2. The highest BCUT2D eigenvalue weighted by atomic mass is 16.5. The number of carbonyl (C=O) groups excluding carboxylic acids is 2. The second kappa shape index (κ2) is 7.21. The Balaban J connectivity index is 1.77. The van der Waals surface area contributed by atoms with Gasteiger partial charge in [-0.1, -0.05) is 6.07 Å². The molecule has 1 N–H and O–H groups in total. The number of amides is 2. The van der Waals surface area contributed by atoms with E-state index in [4.69, 9.17) is 9.47 Å². The second-order valence-corrected chi connectivity index (χ2v) is 5.65. The van der Waals surface area contributed by atoms with E-state index in [0.717, 1.165) is 0 Å².